The minimum absolute atomic E-state index is 0.0433. The van der Waals surface area contributed by atoms with Crippen LogP contribution in [0.5, 0.6) is 5.88 Å². The van der Waals surface area contributed by atoms with E-state index in [1.165, 1.54) is 11.3 Å². The number of thiophene rings is 1. The van der Waals surface area contributed by atoms with Crippen LogP contribution >= 0.6 is 11.3 Å². The van der Waals surface area contributed by atoms with Gasteiger partial charge in [-0.3, -0.25) is 9.59 Å². The van der Waals surface area contributed by atoms with E-state index in [9.17, 15) is 9.59 Å². The highest BCUT2D eigenvalue weighted by Gasteiger charge is 2.25. The molecule has 1 fully saturated rings. The van der Waals surface area contributed by atoms with E-state index in [-0.39, 0.29) is 17.9 Å². The summed E-state index contributed by atoms with van der Waals surface area (Å²) in [4.78, 5) is 30.6. The Hall–Kier alpha value is -2.41. The van der Waals surface area contributed by atoms with Crippen molar-refractivity contribution < 1.29 is 14.3 Å². The number of nitrogens with one attached hydrogen (secondary N) is 1. The van der Waals surface area contributed by atoms with Crippen LogP contribution in [0.1, 0.15) is 35.9 Å². The van der Waals surface area contributed by atoms with Crippen LogP contribution in [0.4, 0.5) is 5.69 Å². The van der Waals surface area contributed by atoms with Gasteiger partial charge in [0, 0.05) is 38.4 Å². The van der Waals surface area contributed by atoms with Crippen molar-refractivity contribution in [2.75, 3.05) is 18.4 Å². The first-order valence-electron chi connectivity index (χ1n) is 8.41. The number of likely N-dealkylation sites (tertiary alicyclic amines) is 1. The standard InChI is InChI=1S/C18H21N3O3S/c1-2-16(22)20-13-5-6-17(19-12-13)24-14-7-9-21(10-8-14)18(23)15-4-3-11-25-15/h3-6,11-12,14H,2,7-10H2,1H3,(H,20,22). The first-order chi connectivity index (χ1) is 12.2. The molecule has 0 atom stereocenters. The number of hydrogen-bond donors (Lipinski definition) is 1. The number of nitrogens with zero attached hydrogens (tertiary/aromatic N) is 2. The molecule has 132 valence electrons. The molecule has 3 rings (SSSR count). The van der Waals surface area contributed by atoms with Gasteiger partial charge >= 0.3 is 0 Å². The average Bonchev–Trinajstić information content (AvgIpc) is 3.18. The summed E-state index contributed by atoms with van der Waals surface area (Å²) in [5.74, 6) is 0.596. The van der Waals surface area contributed by atoms with Gasteiger partial charge in [0.1, 0.15) is 6.10 Å². The number of ether oxygens (including phenoxy) is 1. The predicted molar refractivity (Wildman–Crippen MR) is 97.0 cm³/mol. The molecule has 0 spiro atoms. The SMILES string of the molecule is CCC(=O)Nc1ccc(OC2CCN(C(=O)c3cccs3)CC2)nc1. The second-order valence-electron chi connectivity index (χ2n) is 5.87. The van der Waals surface area contributed by atoms with Crippen LogP contribution in [0.3, 0.4) is 0 Å². The maximum atomic E-state index is 12.3. The van der Waals surface area contributed by atoms with E-state index in [2.05, 4.69) is 10.3 Å². The number of carbonyl (C=O) groups excluding carboxylic acids is 2. The van der Waals surface area contributed by atoms with Crippen LogP contribution in [-0.4, -0.2) is 40.9 Å². The molecule has 1 aliphatic heterocycles. The maximum absolute atomic E-state index is 12.3. The molecule has 1 saturated heterocycles. The van der Waals surface area contributed by atoms with Crippen molar-refractivity contribution in [2.45, 2.75) is 32.3 Å². The van der Waals surface area contributed by atoms with E-state index in [4.69, 9.17) is 4.74 Å². The molecule has 2 amide bonds. The minimum atomic E-state index is -0.0433. The van der Waals surface area contributed by atoms with Gasteiger partial charge in [0.25, 0.3) is 5.91 Å². The molecular weight excluding hydrogens is 338 g/mol. The van der Waals surface area contributed by atoms with Crippen LogP contribution in [-0.2, 0) is 4.79 Å². The Morgan fingerprint density at radius 3 is 2.72 bits per heavy atom. The fourth-order valence-electron chi connectivity index (χ4n) is 2.68. The van der Waals surface area contributed by atoms with Crippen LogP contribution < -0.4 is 10.1 Å². The number of amides is 2. The maximum Gasteiger partial charge on any atom is 0.263 e. The molecule has 2 aromatic rings. The lowest BCUT2D eigenvalue weighted by Gasteiger charge is -2.31. The van der Waals surface area contributed by atoms with Crippen molar-refractivity contribution in [1.29, 1.82) is 0 Å². The Balaban J connectivity index is 1.49. The van der Waals surface area contributed by atoms with E-state index in [1.54, 1.807) is 25.3 Å². The quantitative estimate of drug-likeness (QED) is 0.890. The van der Waals surface area contributed by atoms with E-state index in [0.29, 0.717) is 31.1 Å². The van der Waals surface area contributed by atoms with Gasteiger partial charge in [-0.2, -0.15) is 0 Å². The monoisotopic (exact) mass is 359 g/mol. The second kappa shape index (κ2) is 8.11. The third kappa shape index (κ3) is 4.57. The molecule has 3 heterocycles. The highest BCUT2D eigenvalue weighted by Crippen LogP contribution is 2.21. The topological polar surface area (TPSA) is 71.5 Å². The van der Waals surface area contributed by atoms with Crippen LogP contribution in [0.25, 0.3) is 0 Å². The first kappa shape index (κ1) is 17.4. The van der Waals surface area contributed by atoms with Gasteiger partial charge in [-0.05, 0) is 17.5 Å². The van der Waals surface area contributed by atoms with Gasteiger partial charge < -0.3 is 15.0 Å². The van der Waals surface area contributed by atoms with Crippen molar-refractivity contribution >= 4 is 28.8 Å². The molecule has 0 aliphatic carbocycles. The molecule has 0 bridgehead atoms. The number of pyridine rings is 1. The zero-order chi connectivity index (χ0) is 17.6. The Bertz CT molecular complexity index is 708. The Labute approximate surface area is 150 Å². The lowest BCUT2D eigenvalue weighted by molar-refractivity contribution is -0.115. The number of aromatic nitrogens is 1. The molecule has 25 heavy (non-hydrogen) atoms. The molecular formula is C18H21N3O3S. The molecule has 6 nitrogen and oxygen atoms in total. The van der Waals surface area contributed by atoms with E-state index < -0.39 is 0 Å². The van der Waals surface area contributed by atoms with Gasteiger partial charge in [0.15, 0.2) is 0 Å². The highest BCUT2D eigenvalue weighted by molar-refractivity contribution is 7.12. The second-order valence-corrected chi connectivity index (χ2v) is 6.82. The molecule has 0 saturated carbocycles. The lowest BCUT2D eigenvalue weighted by atomic mass is 10.1. The number of piperidine rings is 1. The molecule has 1 N–H and O–H groups in total. The predicted octanol–water partition coefficient (Wildman–Crippen LogP) is 3.18. The van der Waals surface area contributed by atoms with Crippen molar-refractivity contribution in [1.82, 2.24) is 9.88 Å². The summed E-state index contributed by atoms with van der Waals surface area (Å²) in [7, 11) is 0. The van der Waals surface area contributed by atoms with Crippen molar-refractivity contribution in [3.05, 3.63) is 40.7 Å². The number of rotatable bonds is 5. The molecule has 0 aromatic carbocycles. The third-order valence-electron chi connectivity index (χ3n) is 4.09. The molecule has 0 unspecified atom stereocenters. The summed E-state index contributed by atoms with van der Waals surface area (Å²) >= 11 is 1.47. The molecule has 2 aromatic heterocycles. The van der Waals surface area contributed by atoms with Crippen molar-refractivity contribution in [3.8, 4) is 5.88 Å². The van der Waals surface area contributed by atoms with Gasteiger partial charge in [0.2, 0.25) is 11.8 Å². The third-order valence-corrected chi connectivity index (χ3v) is 4.95. The lowest BCUT2D eigenvalue weighted by Crippen LogP contribution is -2.41. The fraction of sp³-hybridized carbons (Fsp3) is 0.389. The zero-order valence-electron chi connectivity index (χ0n) is 14.1. The zero-order valence-corrected chi connectivity index (χ0v) is 14.9. The van der Waals surface area contributed by atoms with Crippen LogP contribution in [0, 0.1) is 0 Å². The highest BCUT2D eigenvalue weighted by atomic mass is 32.1. The summed E-state index contributed by atoms with van der Waals surface area (Å²) in [6, 6.07) is 7.30. The minimum Gasteiger partial charge on any atom is -0.474 e. The summed E-state index contributed by atoms with van der Waals surface area (Å²) in [6.45, 7) is 3.17. The Kier molecular flexibility index (Phi) is 5.65. The van der Waals surface area contributed by atoms with E-state index in [0.717, 1.165) is 17.7 Å². The van der Waals surface area contributed by atoms with Crippen molar-refractivity contribution in [3.63, 3.8) is 0 Å². The number of hydrogen-bond acceptors (Lipinski definition) is 5. The van der Waals surface area contributed by atoms with Gasteiger partial charge in [-0.15, -0.1) is 11.3 Å². The number of anilines is 1. The summed E-state index contributed by atoms with van der Waals surface area (Å²) < 4.78 is 5.90. The average molecular weight is 359 g/mol. The van der Waals surface area contributed by atoms with E-state index in [1.807, 2.05) is 22.4 Å². The van der Waals surface area contributed by atoms with Crippen LogP contribution in [0.2, 0.25) is 0 Å². The summed E-state index contributed by atoms with van der Waals surface area (Å²) in [5, 5.41) is 4.67. The largest absolute Gasteiger partial charge is 0.474 e. The first-order valence-corrected chi connectivity index (χ1v) is 9.29. The Morgan fingerprint density at radius 1 is 1.32 bits per heavy atom. The van der Waals surface area contributed by atoms with Gasteiger partial charge in [0.05, 0.1) is 16.8 Å². The van der Waals surface area contributed by atoms with Crippen LogP contribution in [0.15, 0.2) is 35.8 Å². The van der Waals surface area contributed by atoms with Crippen molar-refractivity contribution in [2.24, 2.45) is 0 Å². The smallest absolute Gasteiger partial charge is 0.263 e. The van der Waals surface area contributed by atoms with Gasteiger partial charge in [-0.25, -0.2) is 4.98 Å². The molecule has 1 aliphatic rings. The number of carbonyl (C=O) groups is 2. The molecule has 7 heteroatoms. The summed E-state index contributed by atoms with van der Waals surface area (Å²) in [5.41, 5.74) is 0.663. The Morgan fingerprint density at radius 2 is 2.12 bits per heavy atom. The van der Waals surface area contributed by atoms with E-state index >= 15 is 0 Å². The summed E-state index contributed by atoms with van der Waals surface area (Å²) in [6.07, 6.45) is 3.65. The molecule has 0 radical (unpaired) electrons. The fourth-order valence-corrected chi connectivity index (χ4v) is 3.37. The van der Waals surface area contributed by atoms with Gasteiger partial charge in [-0.1, -0.05) is 13.0 Å². The normalized spacial score (nSPS) is 15.0.